The number of aliphatic carboxylic acids is 1. The van der Waals surface area contributed by atoms with Gasteiger partial charge in [-0.2, -0.15) is 4.73 Å². The normalized spacial score (nSPS) is 14.3. The van der Waals surface area contributed by atoms with E-state index in [1.165, 1.54) is 31.5 Å². The number of pyridine rings is 1. The zero-order valence-electron chi connectivity index (χ0n) is 24.5. The predicted octanol–water partition coefficient (Wildman–Crippen LogP) is 1.93. The van der Waals surface area contributed by atoms with Crippen LogP contribution in [0, 0.1) is 10.6 Å². The first-order chi connectivity index (χ1) is 19.3. The zero-order chi connectivity index (χ0) is 30.6. The van der Waals surface area contributed by atoms with E-state index in [1.807, 2.05) is 58.0 Å². The Kier molecular flexibility index (Phi) is 12.7. The lowest BCUT2D eigenvalue weighted by molar-refractivity contribution is -0.605. The Labute approximate surface area is 241 Å². The van der Waals surface area contributed by atoms with E-state index in [9.17, 15) is 29.5 Å². The van der Waals surface area contributed by atoms with Crippen molar-refractivity contribution >= 4 is 23.7 Å². The minimum Gasteiger partial charge on any atom is -0.619 e. The second-order valence-corrected chi connectivity index (χ2v) is 11.5. The number of hydrogen-bond acceptors (Lipinski definition) is 6. The molecule has 2 aromatic rings. The Morgan fingerprint density at radius 1 is 0.927 bits per heavy atom. The number of carbonyl (C=O) groups is 4. The van der Waals surface area contributed by atoms with Crippen LogP contribution in [0.3, 0.4) is 0 Å². The molecule has 0 unspecified atom stereocenters. The lowest BCUT2D eigenvalue weighted by Gasteiger charge is -2.29. The van der Waals surface area contributed by atoms with E-state index in [0.717, 1.165) is 5.56 Å². The molecule has 0 saturated carbocycles. The molecule has 1 heterocycles. The van der Waals surface area contributed by atoms with Crippen LogP contribution in [0.4, 0.5) is 0 Å². The molecule has 11 nitrogen and oxygen atoms in total. The molecular formula is C30H43N5O6. The van der Waals surface area contributed by atoms with Crippen LogP contribution >= 0.6 is 0 Å². The van der Waals surface area contributed by atoms with E-state index in [4.69, 9.17) is 0 Å². The Morgan fingerprint density at radius 3 is 2.10 bits per heavy atom. The number of carbonyl (C=O) groups excluding carboxylic acids is 3. The second kappa shape index (κ2) is 15.7. The van der Waals surface area contributed by atoms with Crippen molar-refractivity contribution < 1.29 is 29.0 Å². The molecule has 3 amide bonds. The topological polar surface area (TPSA) is 164 Å². The fraction of sp³-hybridized carbons (Fsp3) is 0.500. The molecule has 0 fully saturated rings. The first kappa shape index (κ1) is 33.2. The Balaban J connectivity index is 2.18. The summed E-state index contributed by atoms with van der Waals surface area (Å²) in [4.78, 5) is 51.1. The van der Waals surface area contributed by atoms with Crippen LogP contribution in [0.25, 0.3) is 0 Å². The number of hydrogen-bond donors (Lipinski definition) is 5. The van der Waals surface area contributed by atoms with E-state index < -0.39 is 47.9 Å². The van der Waals surface area contributed by atoms with Gasteiger partial charge in [0.1, 0.15) is 18.1 Å². The summed E-state index contributed by atoms with van der Waals surface area (Å²) in [6, 6.07) is 9.23. The standard InChI is InChI=1S/C30H43N5O6/c1-6-10-24(27(37)32-23(19-31-20(2)29(39)40)17-21-11-8-7-9-12-21)33-28(38)25(18-30(3,4)5)34-26(36)22-13-15-35(41)16-14-22/h7-9,11-16,20,23-25,31H,6,10,17-19H2,1-5H3,(H,32,37)(H,33,38)(H,34,36)(H,39,40)/t20-,23-,24-,25-/m0/s1. The van der Waals surface area contributed by atoms with Crippen molar-refractivity contribution in [2.24, 2.45) is 5.41 Å². The molecule has 5 N–H and O–H groups in total. The molecule has 0 aliphatic rings. The highest BCUT2D eigenvalue weighted by Crippen LogP contribution is 2.21. The number of rotatable bonds is 15. The first-order valence-corrected chi connectivity index (χ1v) is 13.9. The molecule has 0 saturated heterocycles. The maximum Gasteiger partial charge on any atom is 0.320 e. The first-order valence-electron chi connectivity index (χ1n) is 13.9. The number of amides is 3. The van der Waals surface area contributed by atoms with Crippen molar-refractivity contribution in [2.75, 3.05) is 6.54 Å². The van der Waals surface area contributed by atoms with Crippen molar-refractivity contribution in [2.45, 2.75) is 84.5 Å². The summed E-state index contributed by atoms with van der Waals surface area (Å²) in [5, 5.41) is 32.1. The lowest BCUT2D eigenvalue weighted by atomic mass is 9.87. The Bertz CT molecular complexity index is 1150. The van der Waals surface area contributed by atoms with Crippen molar-refractivity contribution in [1.29, 1.82) is 0 Å². The number of nitrogens with one attached hydrogen (secondary N) is 4. The van der Waals surface area contributed by atoms with Gasteiger partial charge >= 0.3 is 5.97 Å². The minimum atomic E-state index is -0.999. The second-order valence-electron chi connectivity index (χ2n) is 11.5. The lowest BCUT2D eigenvalue weighted by Crippen LogP contribution is -2.57. The molecule has 1 aromatic carbocycles. The van der Waals surface area contributed by atoms with E-state index in [2.05, 4.69) is 21.3 Å². The van der Waals surface area contributed by atoms with Gasteiger partial charge in [0.05, 0.1) is 5.56 Å². The molecule has 0 aliphatic carbocycles. The minimum absolute atomic E-state index is 0.212. The summed E-state index contributed by atoms with van der Waals surface area (Å²) in [5.74, 6) is -2.39. The van der Waals surface area contributed by atoms with Crippen LogP contribution in [0.1, 0.15) is 69.8 Å². The highest BCUT2D eigenvalue weighted by molar-refractivity contribution is 5.98. The van der Waals surface area contributed by atoms with Gasteiger partial charge in [0.25, 0.3) is 5.91 Å². The highest BCUT2D eigenvalue weighted by atomic mass is 16.5. The molecule has 41 heavy (non-hydrogen) atoms. The van der Waals surface area contributed by atoms with Gasteiger partial charge < -0.3 is 31.6 Å². The summed E-state index contributed by atoms with van der Waals surface area (Å²) in [7, 11) is 0. The number of aromatic nitrogens is 1. The van der Waals surface area contributed by atoms with E-state index in [-0.39, 0.29) is 17.5 Å². The molecule has 2 rings (SSSR count). The van der Waals surface area contributed by atoms with Crippen LogP contribution in [-0.2, 0) is 20.8 Å². The van der Waals surface area contributed by atoms with E-state index in [0.29, 0.717) is 30.4 Å². The monoisotopic (exact) mass is 569 g/mol. The van der Waals surface area contributed by atoms with Gasteiger partial charge in [0.2, 0.25) is 11.8 Å². The SMILES string of the molecule is CCC[C@H](NC(=O)[C@H](CC(C)(C)C)NC(=O)c1cc[n+]([O-])cc1)C(=O)N[C@H](CN[C@@H](C)C(=O)O)Cc1ccccc1. The van der Waals surface area contributed by atoms with Crippen molar-refractivity contribution in [3.8, 4) is 0 Å². The molecule has 224 valence electrons. The van der Waals surface area contributed by atoms with Gasteiger partial charge in [-0.3, -0.25) is 19.2 Å². The third-order valence-corrected chi connectivity index (χ3v) is 6.43. The third kappa shape index (κ3) is 12.0. The van der Waals surface area contributed by atoms with Gasteiger partial charge in [-0.25, -0.2) is 0 Å². The molecular weight excluding hydrogens is 526 g/mol. The smallest absolute Gasteiger partial charge is 0.320 e. The highest BCUT2D eigenvalue weighted by Gasteiger charge is 2.31. The van der Waals surface area contributed by atoms with Crippen LogP contribution in [0.15, 0.2) is 54.9 Å². The number of nitrogens with zero attached hydrogens (tertiary/aromatic N) is 1. The fourth-order valence-electron chi connectivity index (χ4n) is 4.24. The Hall–Kier alpha value is -3.99. The maximum absolute atomic E-state index is 13.5. The van der Waals surface area contributed by atoms with Crippen LogP contribution in [-0.4, -0.2) is 59.5 Å². The predicted molar refractivity (Wildman–Crippen MR) is 155 cm³/mol. The van der Waals surface area contributed by atoms with Crippen LogP contribution < -0.4 is 26.0 Å². The molecule has 4 atom stereocenters. The summed E-state index contributed by atoms with van der Waals surface area (Å²) in [6.45, 7) is 9.47. The maximum atomic E-state index is 13.5. The average Bonchev–Trinajstić information content (AvgIpc) is 2.90. The van der Waals surface area contributed by atoms with Crippen LogP contribution in [0.5, 0.6) is 0 Å². The Morgan fingerprint density at radius 2 is 1.54 bits per heavy atom. The number of carboxylic acids is 1. The third-order valence-electron chi connectivity index (χ3n) is 6.43. The van der Waals surface area contributed by atoms with Crippen LogP contribution in [0.2, 0.25) is 0 Å². The summed E-state index contributed by atoms with van der Waals surface area (Å²) in [6.07, 6.45) is 4.16. The van der Waals surface area contributed by atoms with Crippen molar-refractivity contribution in [3.05, 3.63) is 71.2 Å². The van der Waals surface area contributed by atoms with E-state index >= 15 is 0 Å². The van der Waals surface area contributed by atoms with Gasteiger partial charge in [0.15, 0.2) is 12.4 Å². The quantitative estimate of drug-likeness (QED) is 0.162. The summed E-state index contributed by atoms with van der Waals surface area (Å²) >= 11 is 0. The van der Waals surface area contributed by atoms with Gasteiger partial charge in [-0.05, 0) is 37.2 Å². The van der Waals surface area contributed by atoms with Gasteiger partial charge in [-0.1, -0.05) is 64.4 Å². The molecule has 1 aromatic heterocycles. The van der Waals surface area contributed by atoms with Gasteiger partial charge in [0, 0.05) is 24.7 Å². The molecule has 0 bridgehead atoms. The molecule has 11 heteroatoms. The largest absolute Gasteiger partial charge is 0.619 e. The van der Waals surface area contributed by atoms with Crippen molar-refractivity contribution in [1.82, 2.24) is 21.3 Å². The molecule has 0 spiro atoms. The fourth-order valence-corrected chi connectivity index (χ4v) is 4.24. The van der Waals surface area contributed by atoms with Gasteiger partial charge in [-0.15, -0.1) is 0 Å². The average molecular weight is 570 g/mol. The molecule has 0 radical (unpaired) electrons. The summed E-state index contributed by atoms with van der Waals surface area (Å²) < 4.78 is 0.562. The number of benzene rings is 1. The summed E-state index contributed by atoms with van der Waals surface area (Å²) in [5.41, 5.74) is 0.883. The van der Waals surface area contributed by atoms with E-state index in [1.54, 1.807) is 0 Å². The van der Waals surface area contributed by atoms with Crippen molar-refractivity contribution in [3.63, 3.8) is 0 Å². The zero-order valence-corrected chi connectivity index (χ0v) is 24.5. The molecule has 0 aliphatic heterocycles. The number of carboxylic acid groups (broad SMARTS) is 1.